The van der Waals surface area contributed by atoms with E-state index in [9.17, 15) is 10.1 Å². The molecule has 0 saturated carbocycles. The minimum absolute atomic E-state index is 0.0405. The molecule has 1 atom stereocenters. The average molecular weight is 262 g/mol. The Labute approximate surface area is 113 Å². The Kier molecular flexibility index (Phi) is 4.87. The number of hydrogen-bond donors (Lipinski definition) is 0. The maximum absolute atomic E-state index is 11.8. The summed E-state index contributed by atoms with van der Waals surface area (Å²) in [6.07, 6.45) is 1.53. The first kappa shape index (κ1) is 15.0. The van der Waals surface area contributed by atoms with Crippen LogP contribution in [0.4, 0.5) is 0 Å². The quantitative estimate of drug-likeness (QED) is 0.779. The summed E-state index contributed by atoms with van der Waals surface area (Å²) >= 11 is 0. The second-order valence-electron chi connectivity index (χ2n) is 5.06. The molecule has 0 N–H and O–H groups in total. The van der Waals surface area contributed by atoms with E-state index in [1.54, 1.807) is 39.1 Å². The fraction of sp³-hybridized carbons (Fsp3) is 0.500. The second-order valence-corrected chi connectivity index (χ2v) is 5.06. The van der Waals surface area contributed by atoms with Crippen molar-refractivity contribution >= 4 is 5.97 Å². The van der Waals surface area contributed by atoms with Gasteiger partial charge in [0, 0.05) is 6.20 Å². The lowest BCUT2D eigenvalue weighted by atomic mass is 10.0. The van der Waals surface area contributed by atoms with Crippen molar-refractivity contribution < 1.29 is 14.3 Å². The number of rotatable bonds is 4. The van der Waals surface area contributed by atoms with E-state index in [2.05, 4.69) is 11.1 Å². The zero-order valence-corrected chi connectivity index (χ0v) is 11.6. The molecule has 0 spiro atoms. The number of nitrogens with zero attached hydrogens (tertiary/aromatic N) is 2. The maximum Gasteiger partial charge on any atom is 0.308 e. The van der Waals surface area contributed by atoms with E-state index in [1.165, 1.54) is 7.11 Å². The summed E-state index contributed by atoms with van der Waals surface area (Å²) in [5, 5.41) is 9.19. The van der Waals surface area contributed by atoms with Crippen LogP contribution in [0.25, 0.3) is 0 Å². The molecule has 1 unspecified atom stereocenters. The Bertz CT molecular complexity index is 486. The first-order chi connectivity index (χ1) is 8.87. The standard InChI is InChI=1S/C14H18N2O3/c1-14(2,3)19-12(17)8-10(9-15)13-11(18-4)6-5-7-16-13/h5-7,10H,8H2,1-4H3. The van der Waals surface area contributed by atoms with Gasteiger partial charge in [-0.15, -0.1) is 0 Å². The topological polar surface area (TPSA) is 72.2 Å². The molecule has 5 heteroatoms. The summed E-state index contributed by atoms with van der Waals surface area (Å²) in [6.45, 7) is 5.36. The third-order valence-corrected chi connectivity index (χ3v) is 2.30. The Balaban J connectivity index is 2.85. The molecule has 0 amide bonds. The van der Waals surface area contributed by atoms with Crippen LogP contribution in [0.5, 0.6) is 5.75 Å². The van der Waals surface area contributed by atoms with E-state index in [0.29, 0.717) is 11.4 Å². The number of methoxy groups -OCH3 is 1. The molecule has 0 aliphatic rings. The van der Waals surface area contributed by atoms with Gasteiger partial charge in [0.05, 0.1) is 25.3 Å². The second kappa shape index (κ2) is 6.19. The normalized spacial score (nSPS) is 12.4. The van der Waals surface area contributed by atoms with Crippen LogP contribution in [-0.4, -0.2) is 23.7 Å². The molecular formula is C14H18N2O3. The van der Waals surface area contributed by atoms with Gasteiger partial charge in [0.15, 0.2) is 0 Å². The summed E-state index contributed by atoms with van der Waals surface area (Å²) < 4.78 is 10.4. The van der Waals surface area contributed by atoms with Crippen molar-refractivity contribution in [2.75, 3.05) is 7.11 Å². The van der Waals surface area contributed by atoms with Gasteiger partial charge in [-0.1, -0.05) is 0 Å². The molecule has 0 radical (unpaired) electrons. The van der Waals surface area contributed by atoms with Gasteiger partial charge < -0.3 is 9.47 Å². The molecule has 0 aliphatic carbocycles. The highest BCUT2D eigenvalue weighted by Crippen LogP contribution is 2.27. The Morgan fingerprint density at radius 1 is 1.53 bits per heavy atom. The van der Waals surface area contributed by atoms with Gasteiger partial charge in [-0.2, -0.15) is 5.26 Å². The zero-order valence-electron chi connectivity index (χ0n) is 11.6. The van der Waals surface area contributed by atoms with E-state index in [1.807, 2.05) is 0 Å². The van der Waals surface area contributed by atoms with E-state index in [4.69, 9.17) is 9.47 Å². The van der Waals surface area contributed by atoms with Gasteiger partial charge in [-0.3, -0.25) is 9.78 Å². The van der Waals surface area contributed by atoms with E-state index in [0.717, 1.165) is 0 Å². The van der Waals surface area contributed by atoms with Gasteiger partial charge >= 0.3 is 5.97 Å². The lowest BCUT2D eigenvalue weighted by molar-refractivity contribution is -0.155. The Morgan fingerprint density at radius 3 is 2.74 bits per heavy atom. The molecule has 0 bridgehead atoms. The molecule has 1 aromatic heterocycles. The average Bonchev–Trinajstić information content (AvgIpc) is 2.33. The summed E-state index contributed by atoms with van der Waals surface area (Å²) in [4.78, 5) is 15.9. The Morgan fingerprint density at radius 2 is 2.21 bits per heavy atom. The highest BCUT2D eigenvalue weighted by atomic mass is 16.6. The first-order valence-electron chi connectivity index (χ1n) is 5.97. The lowest BCUT2D eigenvalue weighted by Gasteiger charge is -2.20. The van der Waals surface area contributed by atoms with Crippen LogP contribution in [0.1, 0.15) is 38.8 Å². The van der Waals surface area contributed by atoms with Crippen LogP contribution in [0.3, 0.4) is 0 Å². The highest BCUT2D eigenvalue weighted by molar-refractivity contribution is 5.71. The first-order valence-corrected chi connectivity index (χ1v) is 5.97. The number of esters is 1. The van der Waals surface area contributed by atoms with Crippen molar-refractivity contribution in [1.29, 1.82) is 5.26 Å². The minimum atomic E-state index is -0.675. The number of aromatic nitrogens is 1. The van der Waals surface area contributed by atoms with Crippen molar-refractivity contribution in [3.63, 3.8) is 0 Å². The summed E-state index contributed by atoms with van der Waals surface area (Å²) in [7, 11) is 1.50. The predicted octanol–water partition coefficient (Wildman–Crippen LogP) is 2.43. The largest absolute Gasteiger partial charge is 0.495 e. The Hall–Kier alpha value is -2.09. The van der Waals surface area contributed by atoms with Crippen molar-refractivity contribution in [2.45, 2.75) is 38.7 Å². The summed E-state index contributed by atoms with van der Waals surface area (Å²) in [6, 6.07) is 5.49. The number of pyridine rings is 1. The molecule has 0 aliphatic heterocycles. The van der Waals surface area contributed by atoms with Gasteiger partial charge in [-0.25, -0.2) is 0 Å². The molecule has 0 fully saturated rings. The minimum Gasteiger partial charge on any atom is -0.495 e. The third kappa shape index (κ3) is 4.59. The van der Waals surface area contributed by atoms with Crippen LogP contribution in [0.15, 0.2) is 18.3 Å². The molecule has 19 heavy (non-hydrogen) atoms. The number of carbonyl (C=O) groups is 1. The molecular weight excluding hydrogens is 244 g/mol. The van der Waals surface area contributed by atoms with Crippen LogP contribution in [-0.2, 0) is 9.53 Å². The van der Waals surface area contributed by atoms with Crippen LogP contribution >= 0.6 is 0 Å². The molecule has 102 valence electrons. The lowest BCUT2D eigenvalue weighted by Crippen LogP contribution is -2.25. The maximum atomic E-state index is 11.8. The molecule has 0 saturated heterocycles. The van der Waals surface area contributed by atoms with Crippen molar-refractivity contribution in [2.24, 2.45) is 0 Å². The van der Waals surface area contributed by atoms with Crippen molar-refractivity contribution in [3.05, 3.63) is 24.0 Å². The smallest absolute Gasteiger partial charge is 0.308 e. The molecule has 0 aromatic carbocycles. The van der Waals surface area contributed by atoms with Crippen LogP contribution in [0, 0.1) is 11.3 Å². The van der Waals surface area contributed by atoms with E-state index in [-0.39, 0.29) is 6.42 Å². The number of nitriles is 1. The van der Waals surface area contributed by atoms with Crippen molar-refractivity contribution in [3.8, 4) is 11.8 Å². The monoisotopic (exact) mass is 262 g/mol. The van der Waals surface area contributed by atoms with E-state index < -0.39 is 17.5 Å². The van der Waals surface area contributed by atoms with E-state index >= 15 is 0 Å². The highest BCUT2D eigenvalue weighted by Gasteiger charge is 2.24. The predicted molar refractivity (Wildman–Crippen MR) is 69.6 cm³/mol. The van der Waals surface area contributed by atoms with Gasteiger partial charge in [0.2, 0.25) is 0 Å². The van der Waals surface area contributed by atoms with Crippen molar-refractivity contribution in [1.82, 2.24) is 4.98 Å². The van der Waals surface area contributed by atoms with Crippen LogP contribution < -0.4 is 4.74 Å². The third-order valence-electron chi connectivity index (χ3n) is 2.30. The fourth-order valence-electron chi connectivity index (χ4n) is 1.59. The van der Waals surface area contributed by atoms with Crippen LogP contribution in [0.2, 0.25) is 0 Å². The molecule has 1 heterocycles. The fourth-order valence-corrected chi connectivity index (χ4v) is 1.59. The number of hydrogen-bond acceptors (Lipinski definition) is 5. The molecule has 1 aromatic rings. The SMILES string of the molecule is COc1cccnc1C(C#N)CC(=O)OC(C)(C)C. The summed E-state index contributed by atoms with van der Waals surface area (Å²) in [5.41, 5.74) is -0.107. The molecule has 5 nitrogen and oxygen atoms in total. The number of ether oxygens (including phenoxy) is 2. The van der Waals surface area contributed by atoms with Gasteiger partial charge in [0.1, 0.15) is 17.3 Å². The summed E-state index contributed by atoms with van der Waals surface area (Å²) in [5.74, 6) is -0.602. The zero-order chi connectivity index (χ0) is 14.5. The molecule has 1 rings (SSSR count). The van der Waals surface area contributed by atoms with Gasteiger partial charge in [-0.05, 0) is 32.9 Å². The number of carbonyl (C=O) groups excluding carboxylic acids is 1. The van der Waals surface area contributed by atoms with Gasteiger partial charge in [0.25, 0.3) is 0 Å².